The number of nitrogens with zero attached hydrogens (tertiary/aromatic N) is 2. The summed E-state index contributed by atoms with van der Waals surface area (Å²) in [7, 11) is 1.84. The summed E-state index contributed by atoms with van der Waals surface area (Å²) in [6, 6.07) is 11.2. The normalized spacial score (nSPS) is 24.7. The van der Waals surface area contributed by atoms with E-state index in [2.05, 4.69) is 50.9 Å². The van der Waals surface area contributed by atoms with E-state index in [1.807, 2.05) is 7.05 Å². The van der Waals surface area contributed by atoms with E-state index in [0.29, 0.717) is 12.0 Å². The van der Waals surface area contributed by atoms with E-state index < -0.39 is 0 Å². The minimum atomic E-state index is 0. The van der Waals surface area contributed by atoms with Gasteiger partial charge in [0, 0.05) is 45.2 Å². The van der Waals surface area contributed by atoms with Gasteiger partial charge in [-0.1, -0.05) is 30.3 Å². The van der Waals surface area contributed by atoms with Crippen molar-refractivity contribution in [1.29, 1.82) is 0 Å². The Morgan fingerprint density at radius 1 is 1.26 bits per heavy atom. The molecule has 0 amide bonds. The lowest BCUT2D eigenvalue weighted by molar-refractivity contribution is 0.0389. The number of hydrogen-bond acceptors (Lipinski definition) is 3. The minimum Gasteiger partial charge on any atom is -0.379 e. The number of guanidine groups is 1. The van der Waals surface area contributed by atoms with Gasteiger partial charge in [0.25, 0.3) is 0 Å². The molecule has 1 aromatic rings. The molecule has 1 saturated carbocycles. The first kappa shape index (κ1) is 18.5. The zero-order valence-corrected chi connectivity index (χ0v) is 16.0. The fourth-order valence-corrected chi connectivity index (χ4v) is 2.95. The summed E-state index contributed by atoms with van der Waals surface area (Å²) < 4.78 is 5.36. The van der Waals surface area contributed by atoms with Crippen molar-refractivity contribution in [3.63, 3.8) is 0 Å². The highest BCUT2D eigenvalue weighted by Crippen LogP contribution is 2.40. The molecule has 5 nitrogen and oxygen atoms in total. The topological polar surface area (TPSA) is 48.9 Å². The Morgan fingerprint density at radius 3 is 2.70 bits per heavy atom. The molecule has 1 aromatic carbocycles. The summed E-state index contributed by atoms with van der Waals surface area (Å²) >= 11 is 0. The third kappa shape index (κ3) is 5.61. The monoisotopic (exact) mass is 430 g/mol. The van der Waals surface area contributed by atoms with E-state index in [-0.39, 0.29) is 24.0 Å². The summed E-state index contributed by atoms with van der Waals surface area (Å²) in [4.78, 5) is 6.75. The van der Waals surface area contributed by atoms with Crippen LogP contribution in [0.2, 0.25) is 0 Å². The molecular weight excluding hydrogens is 403 g/mol. The molecule has 128 valence electrons. The number of aliphatic imine (C=N–C) groups is 1. The number of hydrogen-bond donors (Lipinski definition) is 2. The van der Waals surface area contributed by atoms with Crippen molar-refractivity contribution in [2.24, 2.45) is 4.99 Å². The Kier molecular flexibility index (Phi) is 7.58. The Labute approximate surface area is 155 Å². The molecule has 2 unspecified atom stereocenters. The van der Waals surface area contributed by atoms with Crippen LogP contribution in [0.15, 0.2) is 35.3 Å². The zero-order chi connectivity index (χ0) is 15.2. The molecule has 0 radical (unpaired) electrons. The van der Waals surface area contributed by atoms with Crippen molar-refractivity contribution < 1.29 is 4.74 Å². The van der Waals surface area contributed by atoms with Gasteiger partial charge in [0.1, 0.15) is 0 Å². The van der Waals surface area contributed by atoms with Crippen molar-refractivity contribution in [2.75, 3.05) is 46.4 Å². The van der Waals surface area contributed by atoms with Gasteiger partial charge in [-0.15, -0.1) is 24.0 Å². The molecule has 2 fully saturated rings. The van der Waals surface area contributed by atoms with Crippen molar-refractivity contribution in [3.8, 4) is 0 Å². The van der Waals surface area contributed by atoms with E-state index in [1.165, 1.54) is 12.0 Å². The zero-order valence-electron chi connectivity index (χ0n) is 13.7. The second-order valence-electron chi connectivity index (χ2n) is 5.96. The molecular formula is C17H27IN4O. The summed E-state index contributed by atoms with van der Waals surface area (Å²) in [6.07, 6.45) is 1.19. The lowest BCUT2D eigenvalue weighted by atomic mass is 10.1. The molecule has 2 aliphatic rings. The molecule has 1 aliphatic carbocycles. The number of rotatable bonds is 5. The van der Waals surface area contributed by atoms with Crippen molar-refractivity contribution >= 4 is 29.9 Å². The maximum Gasteiger partial charge on any atom is 0.191 e. The highest BCUT2D eigenvalue weighted by atomic mass is 127. The largest absolute Gasteiger partial charge is 0.379 e. The van der Waals surface area contributed by atoms with Crippen LogP contribution in [-0.4, -0.2) is 63.3 Å². The van der Waals surface area contributed by atoms with Crippen LogP contribution in [0.3, 0.4) is 0 Å². The van der Waals surface area contributed by atoms with Crippen molar-refractivity contribution in [3.05, 3.63) is 35.9 Å². The number of nitrogens with one attached hydrogen (secondary N) is 2. The van der Waals surface area contributed by atoms with Crippen LogP contribution < -0.4 is 10.6 Å². The maximum absolute atomic E-state index is 5.36. The first-order chi connectivity index (χ1) is 10.9. The molecule has 1 heterocycles. The fourth-order valence-electron chi connectivity index (χ4n) is 2.95. The van der Waals surface area contributed by atoms with Crippen LogP contribution in [-0.2, 0) is 4.74 Å². The van der Waals surface area contributed by atoms with Crippen LogP contribution in [0.5, 0.6) is 0 Å². The van der Waals surface area contributed by atoms with Crippen LogP contribution in [0.1, 0.15) is 17.9 Å². The minimum absolute atomic E-state index is 0. The number of morpholine rings is 1. The second kappa shape index (κ2) is 9.44. The van der Waals surface area contributed by atoms with Crippen molar-refractivity contribution in [2.45, 2.75) is 18.4 Å². The van der Waals surface area contributed by atoms with E-state index >= 15 is 0 Å². The summed E-state index contributed by atoms with van der Waals surface area (Å²) in [5.74, 6) is 1.54. The van der Waals surface area contributed by atoms with Gasteiger partial charge in [0.2, 0.25) is 0 Å². The molecule has 1 saturated heterocycles. The van der Waals surface area contributed by atoms with Crippen LogP contribution >= 0.6 is 24.0 Å². The summed E-state index contributed by atoms with van der Waals surface area (Å²) in [5, 5.41) is 6.94. The average molecular weight is 430 g/mol. The predicted octanol–water partition coefficient (Wildman–Crippen LogP) is 1.66. The summed E-state index contributed by atoms with van der Waals surface area (Å²) in [5.41, 5.74) is 1.42. The average Bonchev–Trinajstić information content (AvgIpc) is 3.35. The number of benzene rings is 1. The lowest BCUT2D eigenvalue weighted by Crippen LogP contribution is -2.45. The van der Waals surface area contributed by atoms with Crippen LogP contribution in [0.4, 0.5) is 0 Å². The highest BCUT2D eigenvalue weighted by Gasteiger charge is 2.38. The van der Waals surface area contributed by atoms with Gasteiger partial charge in [-0.3, -0.25) is 9.89 Å². The van der Waals surface area contributed by atoms with Gasteiger partial charge < -0.3 is 15.4 Å². The molecule has 6 heteroatoms. The first-order valence-electron chi connectivity index (χ1n) is 8.19. The summed E-state index contributed by atoms with van der Waals surface area (Å²) in [6.45, 7) is 5.74. The molecule has 1 aliphatic heterocycles. The van der Waals surface area contributed by atoms with Crippen LogP contribution in [0.25, 0.3) is 0 Å². The van der Waals surface area contributed by atoms with Gasteiger partial charge in [-0.05, 0) is 12.0 Å². The van der Waals surface area contributed by atoms with E-state index in [9.17, 15) is 0 Å². The molecule has 2 N–H and O–H groups in total. The first-order valence-corrected chi connectivity index (χ1v) is 8.19. The number of halogens is 1. The SMILES string of the molecule is CN=C(NCCN1CCOCC1)NC1CC1c1ccccc1.I. The van der Waals surface area contributed by atoms with E-state index in [4.69, 9.17) is 4.74 Å². The molecule has 0 spiro atoms. The van der Waals surface area contributed by atoms with Gasteiger partial charge in [-0.2, -0.15) is 0 Å². The van der Waals surface area contributed by atoms with Gasteiger partial charge >= 0.3 is 0 Å². The molecule has 0 bridgehead atoms. The smallest absolute Gasteiger partial charge is 0.191 e. The van der Waals surface area contributed by atoms with Gasteiger partial charge in [0.05, 0.1) is 13.2 Å². The predicted molar refractivity (Wildman–Crippen MR) is 105 cm³/mol. The van der Waals surface area contributed by atoms with Gasteiger partial charge in [0.15, 0.2) is 5.96 Å². The molecule has 3 rings (SSSR count). The van der Waals surface area contributed by atoms with Crippen LogP contribution in [0, 0.1) is 0 Å². The standard InChI is InChI=1S/C17H26N4O.HI/c1-18-17(19-7-8-21-9-11-22-12-10-21)20-16-13-15(16)14-5-3-2-4-6-14;/h2-6,15-16H,7-13H2,1H3,(H2,18,19,20);1H. The third-order valence-corrected chi connectivity index (χ3v) is 4.39. The van der Waals surface area contributed by atoms with Gasteiger partial charge in [-0.25, -0.2) is 0 Å². The molecule has 0 aromatic heterocycles. The second-order valence-corrected chi connectivity index (χ2v) is 5.96. The lowest BCUT2D eigenvalue weighted by Gasteiger charge is -2.26. The maximum atomic E-state index is 5.36. The third-order valence-electron chi connectivity index (χ3n) is 4.39. The Bertz CT molecular complexity index is 491. The van der Waals surface area contributed by atoms with E-state index in [0.717, 1.165) is 45.4 Å². The highest BCUT2D eigenvalue weighted by molar-refractivity contribution is 14.0. The quantitative estimate of drug-likeness (QED) is 0.424. The number of ether oxygens (including phenoxy) is 1. The molecule has 2 atom stereocenters. The fraction of sp³-hybridized carbons (Fsp3) is 0.588. The Morgan fingerprint density at radius 2 is 2.00 bits per heavy atom. The molecule has 23 heavy (non-hydrogen) atoms. The Balaban J connectivity index is 0.00000192. The van der Waals surface area contributed by atoms with E-state index in [1.54, 1.807) is 0 Å². The Hall–Kier alpha value is -0.860. The van der Waals surface area contributed by atoms with Crippen molar-refractivity contribution in [1.82, 2.24) is 15.5 Å².